The number of hydrogen-bond donors (Lipinski definition) is 0. The molecule has 1 saturated heterocycles. The minimum atomic E-state index is 0.187. The van der Waals surface area contributed by atoms with Crippen molar-refractivity contribution in [2.24, 2.45) is 0 Å². The summed E-state index contributed by atoms with van der Waals surface area (Å²) in [6.45, 7) is 1.22. The maximum absolute atomic E-state index is 5.27. The van der Waals surface area contributed by atoms with E-state index in [9.17, 15) is 0 Å². The first-order valence-corrected chi connectivity index (χ1v) is 5.05. The van der Waals surface area contributed by atoms with E-state index in [1.807, 2.05) is 30.3 Å². The van der Waals surface area contributed by atoms with Crippen molar-refractivity contribution in [1.29, 1.82) is 0 Å². The van der Waals surface area contributed by atoms with E-state index in [2.05, 4.69) is 10.1 Å². The topological polar surface area (TPSA) is 60.7 Å². The molecular weight excluding hydrogens is 208 g/mol. The zero-order valence-electron chi connectivity index (χ0n) is 8.50. The van der Waals surface area contributed by atoms with Gasteiger partial charge in [-0.05, 0) is 0 Å². The fourth-order valence-corrected chi connectivity index (χ4v) is 1.30. The van der Waals surface area contributed by atoms with Crippen LogP contribution in [0, 0.1) is 0 Å². The summed E-state index contributed by atoms with van der Waals surface area (Å²) in [5, 5.41) is 3.83. The van der Waals surface area contributed by atoms with E-state index >= 15 is 0 Å². The molecular formula is C11H10N2O3. The van der Waals surface area contributed by atoms with Crippen LogP contribution in [0.15, 0.2) is 34.9 Å². The molecule has 0 aliphatic carbocycles. The van der Waals surface area contributed by atoms with Gasteiger partial charge in [0.15, 0.2) is 0 Å². The van der Waals surface area contributed by atoms with Crippen LogP contribution in [0.3, 0.4) is 0 Å². The maximum atomic E-state index is 5.27. The Morgan fingerprint density at radius 1 is 1.31 bits per heavy atom. The zero-order valence-corrected chi connectivity index (χ0v) is 8.50. The fraction of sp³-hybridized carbons (Fsp3) is 0.273. The Labute approximate surface area is 92.0 Å². The summed E-state index contributed by atoms with van der Waals surface area (Å²) in [7, 11) is 0. The SMILES string of the molecule is c1ccc(-c2noc(OCC3CO3)n2)cc1. The van der Waals surface area contributed by atoms with E-state index in [-0.39, 0.29) is 12.2 Å². The third-order valence-electron chi connectivity index (χ3n) is 2.23. The van der Waals surface area contributed by atoms with Gasteiger partial charge in [0, 0.05) is 5.56 Å². The highest BCUT2D eigenvalue weighted by Crippen LogP contribution is 2.19. The van der Waals surface area contributed by atoms with E-state index in [1.54, 1.807) is 0 Å². The smallest absolute Gasteiger partial charge is 0.417 e. The van der Waals surface area contributed by atoms with Gasteiger partial charge in [0.1, 0.15) is 12.7 Å². The number of ether oxygens (including phenoxy) is 2. The summed E-state index contributed by atoms with van der Waals surface area (Å²) in [5.41, 5.74) is 0.906. The molecule has 0 saturated carbocycles. The van der Waals surface area contributed by atoms with Crippen LogP contribution in [-0.2, 0) is 4.74 Å². The molecule has 16 heavy (non-hydrogen) atoms. The second kappa shape index (κ2) is 3.94. The molecule has 1 unspecified atom stereocenters. The van der Waals surface area contributed by atoms with Gasteiger partial charge in [-0.15, -0.1) is 0 Å². The molecule has 0 amide bonds. The minimum Gasteiger partial charge on any atom is -0.446 e. The summed E-state index contributed by atoms with van der Waals surface area (Å²) in [4.78, 5) is 4.12. The monoisotopic (exact) mass is 218 g/mol. The summed E-state index contributed by atoms with van der Waals surface area (Å²) >= 11 is 0. The van der Waals surface area contributed by atoms with Gasteiger partial charge >= 0.3 is 6.08 Å². The summed E-state index contributed by atoms with van der Waals surface area (Å²) in [5.74, 6) is 0.535. The fourth-order valence-electron chi connectivity index (χ4n) is 1.30. The molecule has 1 aromatic carbocycles. The van der Waals surface area contributed by atoms with Gasteiger partial charge in [-0.25, -0.2) is 0 Å². The molecule has 3 rings (SSSR count). The number of aromatic nitrogens is 2. The predicted molar refractivity (Wildman–Crippen MR) is 55.0 cm³/mol. The van der Waals surface area contributed by atoms with Gasteiger partial charge in [0.25, 0.3) is 0 Å². The Morgan fingerprint density at radius 2 is 2.12 bits per heavy atom. The summed E-state index contributed by atoms with van der Waals surface area (Å²) in [6, 6.07) is 9.61. The quantitative estimate of drug-likeness (QED) is 0.728. The first-order chi connectivity index (χ1) is 7.92. The van der Waals surface area contributed by atoms with Crippen molar-refractivity contribution in [2.45, 2.75) is 6.10 Å². The third-order valence-corrected chi connectivity index (χ3v) is 2.23. The van der Waals surface area contributed by atoms with Crippen molar-refractivity contribution in [3.05, 3.63) is 30.3 Å². The lowest BCUT2D eigenvalue weighted by Crippen LogP contribution is -2.03. The average molecular weight is 218 g/mol. The summed E-state index contributed by atoms with van der Waals surface area (Å²) in [6.07, 6.45) is 0.376. The van der Waals surface area contributed by atoms with Crippen LogP contribution in [0.2, 0.25) is 0 Å². The molecule has 5 heteroatoms. The molecule has 1 aromatic heterocycles. The lowest BCUT2D eigenvalue weighted by atomic mass is 10.2. The Balaban J connectivity index is 1.71. The highest BCUT2D eigenvalue weighted by molar-refractivity contribution is 5.53. The van der Waals surface area contributed by atoms with Crippen LogP contribution in [0.25, 0.3) is 11.4 Å². The molecule has 1 fully saturated rings. The van der Waals surface area contributed by atoms with Crippen molar-refractivity contribution in [3.63, 3.8) is 0 Å². The predicted octanol–water partition coefficient (Wildman–Crippen LogP) is 1.51. The molecule has 5 nitrogen and oxygen atoms in total. The van der Waals surface area contributed by atoms with Crippen molar-refractivity contribution in [2.75, 3.05) is 13.2 Å². The molecule has 0 N–H and O–H groups in total. The van der Waals surface area contributed by atoms with Gasteiger partial charge in [-0.1, -0.05) is 35.5 Å². The van der Waals surface area contributed by atoms with Crippen molar-refractivity contribution < 1.29 is 14.0 Å². The van der Waals surface area contributed by atoms with Crippen LogP contribution >= 0.6 is 0 Å². The Morgan fingerprint density at radius 3 is 2.88 bits per heavy atom. The molecule has 1 aliphatic heterocycles. The Hall–Kier alpha value is -1.88. The van der Waals surface area contributed by atoms with E-state index < -0.39 is 0 Å². The largest absolute Gasteiger partial charge is 0.446 e. The molecule has 2 aromatic rings. The van der Waals surface area contributed by atoms with Gasteiger partial charge in [-0.3, -0.25) is 4.52 Å². The highest BCUT2D eigenvalue weighted by Gasteiger charge is 2.24. The highest BCUT2D eigenvalue weighted by atomic mass is 16.7. The molecule has 0 spiro atoms. The van der Waals surface area contributed by atoms with E-state index in [1.165, 1.54) is 0 Å². The van der Waals surface area contributed by atoms with Crippen molar-refractivity contribution in [3.8, 4) is 17.5 Å². The molecule has 82 valence electrons. The number of rotatable bonds is 4. The zero-order chi connectivity index (χ0) is 10.8. The van der Waals surface area contributed by atoms with Gasteiger partial charge < -0.3 is 9.47 Å². The summed E-state index contributed by atoms with van der Waals surface area (Å²) < 4.78 is 15.2. The molecule has 2 heterocycles. The van der Waals surface area contributed by atoms with Gasteiger partial charge in [0.2, 0.25) is 5.82 Å². The molecule has 0 bridgehead atoms. The van der Waals surface area contributed by atoms with Gasteiger partial charge in [0.05, 0.1) is 6.61 Å². The average Bonchev–Trinajstić information content (AvgIpc) is 3.05. The van der Waals surface area contributed by atoms with Crippen LogP contribution in [0.1, 0.15) is 0 Å². The van der Waals surface area contributed by atoms with Crippen molar-refractivity contribution >= 4 is 0 Å². The second-order valence-electron chi connectivity index (χ2n) is 3.52. The van der Waals surface area contributed by atoms with E-state index in [4.69, 9.17) is 14.0 Å². The molecule has 1 atom stereocenters. The molecule has 1 aliphatic rings. The molecule has 0 radical (unpaired) electrons. The lowest BCUT2D eigenvalue weighted by molar-refractivity contribution is 0.184. The van der Waals surface area contributed by atoms with Crippen LogP contribution in [0.5, 0.6) is 6.08 Å². The van der Waals surface area contributed by atoms with Crippen LogP contribution in [-0.4, -0.2) is 29.5 Å². The van der Waals surface area contributed by atoms with E-state index in [0.29, 0.717) is 12.4 Å². The Kier molecular flexibility index (Phi) is 2.30. The standard InChI is InChI=1S/C11H10N2O3/c1-2-4-8(5-3-1)10-12-11(16-13-10)15-7-9-6-14-9/h1-5,9H,6-7H2. The number of nitrogens with zero attached hydrogens (tertiary/aromatic N) is 2. The maximum Gasteiger partial charge on any atom is 0.417 e. The number of benzene rings is 1. The Bertz CT molecular complexity index is 465. The van der Waals surface area contributed by atoms with Crippen LogP contribution < -0.4 is 4.74 Å². The first-order valence-electron chi connectivity index (χ1n) is 5.05. The minimum absolute atomic E-state index is 0.187. The number of epoxide rings is 1. The van der Waals surface area contributed by atoms with E-state index in [0.717, 1.165) is 12.2 Å². The number of hydrogen-bond acceptors (Lipinski definition) is 5. The third kappa shape index (κ3) is 2.04. The second-order valence-corrected chi connectivity index (χ2v) is 3.52. The lowest BCUT2D eigenvalue weighted by Gasteiger charge is -1.94. The van der Waals surface area contributed by atoms with Crippen molar-refractivity contribution in [1.82, 2.24) is 10.1 Å². The van der Waals surface area contributed by atoms with Gasteiger partial charge in [-0.2, -0.15) is 4.98 Å². The van der Waals surface area contributed by atoms with Crippen LogP contribution in [0.4, 0.5) is 0 Å². The first kappa shape index (κ1) is 9.35. The normalized spacial score (nSPS) is 18.4.